The molecule has 20 heavy (non-hydrogen) atoms. The second kappa shape index (κ2) is 5.36. The van der Waals surface area contributed by atoms with Crippen LogP contribution < -0.4 is 5.32 Å². The Morgan fingerprint density at radius 3 is 2.45 bits per heavy atom. The van der Waals surface area contributed by atoms with Gasteiger partial charge in [0.15, 0.2) is 5.69 Å². The SMILES string of the molecule is CC(C)(C)OC(=O)Nc1cnc(C#N)c(C(F)(F)F)c1. The number of ether oxygens (including phenoxy) is 1. The molecule has 0 atom stereocenters. The summed E-state index contributed by atoms with van der Waals surface area (Å²) in [5.41, 5.74) is -2.96. The third kappa shape index (κ3) is 4.42. The number of alkyl halides is 3. The smallest absolute Gasteiger partial charge is 0.419 e. The fourth-order valence-corrected chi connectivity index (χ4v) is 1.26. The Balaban J connectivity index is 3.00. The van der Waals surface area contributed by atoms with E-state index in [1.165, 1.54) is 6.07 Å². The van der Waals surface area contributed by atoms with Crippen LogP contribution in [0.3, 0.4) is 0 Å². The zero-order chi connectivity index (χ0) is 15.6. The van der Waals surface area contributed by atoms with Gasteiger partial charge in [0, 0.05) is 0 Å². The summed E-state index contributed by atoms with van der Waals surface area (Å²) < 4.78 is 43.0. The lowest BCUT2D eigenvalue weighted by Crippen LogP contribution is -2.27. The number of pyridine rings is 1. The number of halogens is 3. The summed E-state index contributed by atoms with van der Waals surface area (Å²) in [6, 6.07) is 1.98. The quantitative estimate of drug-likeness (QED) is 0.859. The highest BCUT2D eigenvalue weighted by Gasteiger charge is 2.35. The van der Waals surface area contributed by atoms with Gasteiger partial charge in [-0.15, -0.1) is 0 Å². The second-order valence-corrected chi connectivity index (χ2v) is 4.86. The van der Waals surface area contributed by atoms with Crippen LogP contribution in [0, 0.1) is 11.3 Å². The number of aromatic nitrogens is 1. The first-order valence-electron chi connectivity index (χ1n) is 5.50. The van der Waals surface area contributed by atoms with E-state index in [-0.39, 0.29) is 5.69 Å². The van der Waals surface area contributed by atoms with Crippen molar-refractivity contribution in [3.63, 3.8) is 0 Å². The zero-order valence-corrected chi connectivity index (χ0v) is 11.0. The first kappa shape index (κ1) is 15.8. The van der Waals surface area contributed by atoms with Crippen molar-refractivity contribution in [3.8, 4) is 6.07 Å². The van der Waals surface area contributed by atoms with Crippen LogP contribution in [0.2, 0.25) is 0 Å². The molecule has 8 heteroatoms. The maximum absolute atomic E-state index is 12.7. The Labute approximate surface area is 113 Å². The Bertz CT molecular complexity index is 557. The van der Waals surface area contributed by atoms with Crippen molar-refractivity contribution in [1.82, 2.24) is 4.98 Å². The molecule has 0 saturated carbocycles. The lowest BCUT2D eigenvalue weighted by Gasteiger charge is -2.19. The molecule has 1 N–H and O–H groups in total. The van der Waals surface area contributed by atoms with Gasteiger partial charge in [0.25, 0.3) is 0 Å². The number of carbonyl (C=O) groups excluding carboxylic acids is 1. The maximum Gasteiger partial charge on any atom is 0.419 e. The maximum atomic E-state index is 12.7. The molecule has 0 fully saturated rings. The van der Waals surface area contributed by atoms with Gasteiger partial charge in [-0.3, -0.25) is 5.32 Å². The average molecular weight is 287 g/mol. The minimum Gasteiger partial charge on any atom is -0.444 e. The van der Waals surface area contributed by atoms with Crippen LogP contribution in [0.1, 0.15) is 32.0 Å². The lowest BCUT2D eigenvalue weighted by atomic mass is 10.2. The van der Waals surface area contributed by atoms with E-state index < -0.39 is 29.1 Å². The molecule has 5 nitrogen and oxygen atoms in total. The predicted octanol–water partition coefficient (Wildman–Crippen LogP) is 3.32. The van der Waals surface area contributed by atoms with E-state index in [1.54, 1.807) is 20.8 Å². The summed E-state index contributed by atoms with van der Waals surface area (Å²) in [6.45, 7) is 4.85. The fraction of sp³-hybridized carbons (Fsp3) is 0.417. The van der Waals surface area contributed by atoms with Crippen molar-refractivity contribution in [2.75, 3.05) is 5.32 Å². The van der Waals surface area contributed by atoms with Crippen molar-refractivity contribution in [2.24, 2.45) is 0 Å². The molecule has 0 bridgehead atoms. The molecule has 1 rings (SSSR count). The van der Waals surface area contributed by atoms with E-state index in [9.17, 15) is 18.0 Å². The molecule has 0 radical (unpaired) electrons. The van der Waals surface area contributed by atoms with E-state index in [0.717, 1.165) is 6.20 Å². The predicted molar refractivity (Wildman–Crippen MR) is 63.8 cm³/mol. The molecule has 0 aliphatic rings. The number of hydrogen-bond donors (Lipinski definition) is 1. The molecule has 108 valence electrons. The number of hydrogen-bond acceptors (Lipinski definition) is 4. The van der Waals surface area contributed by atoms with Crippen LogP contribution in [0.4, 0.5) is 23.7 Å². The lowest BCUT2D eigenvalue weighted by molar-refractivity contribution is -0.138. The monoisotopic (exact) mass is 287 g/mol. The van der Waals surface area contributed by atoms with Crippen LogP contribution in [-0.4, -0.2) is 16.7 Å². The number of rotatable bonds is 1. The Morgan fingerprint density at radius 2 is 2.00 bits per heavy atom. The topological polar surface area (TPSA) is 75.0 Å². The average Bonchev–Trinajstić information content (AvgIpc) is 2.25. The van der Waals surface area contributed by atoms with Gasteiger partial charge in [-0.05, 0) is 26.8 Å². The largest absolute Gasteiger partial charge is 0.444 e. The number of carbonyl (C=O) groups is 1. The molecule has 0 spiro atoms. The number of nitrogens with zero attached hydrogens (tertiary/aromatic N) is 2. The van der Waals surface area contributed by atoms with E-state index in [1.807, 2.05) is 0 Å². The van der Waals surface area contributed by atoms with Gasteiger partial charge < -0.3 is 4.74 Å². The molecule has 0 unspecified atom stereocenters. The van der Waals surface area contributed by atoms with Gasteiger partial charge in [0.2, 0.25) is 0 Å². The van der Waals surface area contributed by atoms with Gasteiger partial charge in [-0.1, -0.05) is 0 Å². The van der Waals surface area contributed by atoms with Crippen molar-refractivity contribution in [2.45, 2.75) is 32.5 Å². The second-order valence-electron chi connectivity index (χ2n) is 4.86. The molecule has 1 amide bonds. The van der Waals surface area contributed by atoms with Crippen LogP contribution in [0.5, 0.6) is 0 Å². The Morgan fingerprint density at radius 1 is 1.40 bits per heavy atom. The van der Waals surface area contributed by atoms with E-state index >= 15 is 0 Å². The standard InChI is InChI=1S/C12H12F3N3O2/c1-11(2,3)20-10(19)18-7-4-8(12(13,14)15)9(5-16)17-6-7/h4,6H,1-3H3,(H,18,19). The minimum atomic E-state index is -4.73. The normalized spacial score (nSPS) is 11.7. The molecular weight excluding hydrogens is 275 g/mol. The van der Waals surface area contributed by atoms with Crippen molar-refractivity contribution >= 4 is 11.8 Å². The van der Waals surface area contributed by atoms with E-state index in [4.69, 9.17) is 10.00 Å². The van der Waals surface area contributed by atoms with Crippen LogP contribution in [0.25, 0.3) is 0 Å². The summed E-state index contributed by atoms with van der Waals surface area (Å²) in [6.07, 6.45) is -4.68. The summed E-state index contributed by atoms with van der Waals surface area (Å²) in [5.74, 6) is 0. The first-order chi connectivity index (χ1) is 9.03. The fourth-order valence-electron chi connectivity index (χ4n) is 1.26. The van der Waals surface area contributed by atoms with Crippen LogP contribution in [0.15, 0.2) is 12.3 Å². The number of anilines is 1. The minimum absolute atomic E-state index is 0.203. The first-order valence-corrected chi connectivity index (χ1v) is 5.50. The zero-order valence-electron chi connectivity index (χ0n) is 11.0. The Kier molecular flexibility index (Phi) is 4.23. The highest BCUT2D eigenvalue weighted by Crippen LogP contribution is 2.32. The molecule has 0 saturated heterocycles. The molecule has 1 aromatic heterocycles. The van der Waals surface area contributed by atoms with Gasteiger partial charge in [0.1, 0.15) is 11.7 Å². The van der Waals surface area contributed by atoms with Crippen molar-refractivity contribution in [1.29, 1.82) is 5.26 Å². The third-order valence-corrected chi connectivity index (χ3v) is 1.94. The van der Waals surface area contributed by atoms with Crippen LogP contribution >= 0.6 is 0 Å². The van der Waals surface area contributed by atoms with Gasteiger partial charge in [-0.25, -0.2) is 9.78 Å². The molecule has 0 aliphatic carbocycles. The van der Waals surface area contributed by atoms with E-state index in [2.05, 4.69) is 10.3 Å². The van der Waals surface area contributed by atoms with Crippen molar-refractivity contribution in [3.05, 3.63) is 23.5 Å². The highest BCUT2D eigenvalue weighted by atomic mass is 19.4. The number of nitrogens with one attached hydrogen (secondary N) is 1. The summed E-state index contributed by atoms with van der Waals surface area (Å²) in [5, 5.41) is 10.7. The third-order valence-electron chi connectivity index (χ3n) is 1.94. The summed E-state index contributed by atoms with van der Waals surface area (Å²) >= 11 is 0. The van der Waals surface area contributed by atoms with Crippen LogP contribution in [-0.2, 0) is 10.9 Å². The number of nitriles is 1. The summed E-state index contributed by atoms with van der Waals surface area (Å²) in [4.78, 5) is 14.8. The van der Waals surface area contributed by atoms with Crippen molar-refractivity contribution < 1.29 is 22.7 Å². The Hall–Kier alpha value is -2.30. The molecule has 1 aromatic rings. The van der Waals surface area contributed by atoms with Gasteiger partial charge in [-0.2, -0.15) is 18.4 Å². The summed E-state index contributed by atoms with van der Waals surface area (Å²) in [7, 11) is 0. The van der Waals surface area contributed by atoms with Gasteiger partial charge >= 0.3 is 12.3 Å². The molecule has 1 heterocycles. The van der Waals surface area contributed by atoms with Gasteiger partial charge in [0.05, 0.1) is 17.4 Å². The molecule has 0 aliphatic heterocycles. The molecular formula is C12H12F3N3O2. The van der Waals surface area contributed by atoms with E-state index in [0.29, 0.717) is 6.07 Å². The number of amides is 1. The molecule has 0 aromatic carbocycles. The highest BCUT2D eigenvalue weighted by molar-refractivity contribution is 5.84.